The van der Waals surface area contributed by atoms with Crippen LogP contribution in [0.25, 0.3) is 0 Å². The normalized spacial score (nSPS) is 12.3. The molecule has 0 unspecified atom stereocenters. The number of hydrogen-bond acceptors (Lipinski definition) is 3. The number of nitrogens with one attached hydrogen (secondary N) is 2. The van der Waals surface area contributed by atoms with E-state index in [1.807, 2.05) is 0 Å². The third-order valence-electron chi connectivity index (χ3n) is 3.44. The van der Waals surface area contributed by atoms with Crippen LogP contribution in [-0.2, 0) is 17.1 Å². The second-order valence-electron chi connectivity index (χ2n) is 5.57. The number of halogens is 7. The molecule has 0 aromatic heterocycles. The van der Waals surface area contributed by atoms with E-state index in [4.69, 9.17) is 5.26 Å². The lowest BCUT2D eigenvalue weighted by Crippen LogP contribution is -2.15. The van der Waals surface area contributed by atoms with E-state index < -0.39 is 40.6 Å². The van der Waals surface area contributed by atoms with Crippen LogP contribution in [0.15, 0.2) is 58.7 Å². The molecule has 2 N–H and O–H groups in total. The number of hydrogen-bond donors (Lipinski definition) is 2. The van der Waals surface area contributed by atoms with E-state index in [1.54, 1.807) is 12.1 Å². The maximum atomic E-state index is 12.9. The van der Waals surface area contributed by atoms with Gasteiger partial charge in [-0.25, -0.2) is 0 Å². The van der Waals surface area contributed by atoms with Crippen molar-refractivity contribution in [3.8, 4) is 6.07 Å². The molecule has 0 bridgehead atoms. The molecule has 0 fully saturated rings. The summed E-state index contributed by atoms with van der Waals surface area (Å²) in [6.45, 7) is 0. The second kappa shape index (κ2) is 8.57. The summed E-state index contributed by atoms with van der Waals surface area (Å²) in [4.78, 5) is 12.1. The van der Waals surface area contributed by atoms with Crippen molar-refractivity contribution in [2.75, 3.05) is 10.6 Å². The molecule has 152 valence electrons. The fourth-order valence-corrected chi connectivity index (χ4v) is 2.34. The third kappa shape index (κ3) is 6.25. The maximum Gasteiger partial charge on any atom is 0.416 e. The van der Waals surface area contributed by atoms with Crippen molar-refractivity contribution >= 4 is 33.2 Å². The Morgan fingerprint density at radius 1 is 0.931 bits per heavy atom. The van der Waals surface area contributed by atoms with Gasteiger partial charge in [0, 0.05) is 22.0 Å². The van der Waals surface area contributed by atoms with Crippen molar-refractivity contribution in [3.63, 3.8) is 0 Å². The lowest BCUT2D eigenvalue weighted by atomic mass is 10.1. The highest BCUT2D eigenvalue weighted by atomic mass is 79.9. The molecule has 0 saturated heterocycles. The number of nitrogens with zero attached hydrogens (tertiary/aromatic N) is 1. The first kappa shape index (κ1) is 22.3. The Morgan fingerprint density at radius 3 is 1.90 bits per heavy atom. The summed E-state index contributed by atoms with van der Waals surface area (Å²) < 4.78 is 78.0. The molecule has 2 aromatic rings. The number of carbonyl (C=O) groups excluding carboxylic acids is 1. The first-order chi connectivity index (χ1) is 13.4. The number of carbonyl (C=O) groups is 1. The van der Waals surface area contributed by atoms with Crippen LogP contribution in [0, 0.1) is 11.3 Å². The summed E-state index contributed by atoms with van der Waals surface area (Å²) in [5.74, 6) is -0.898. The highest BCUT2D eigenvalue weighted by Gasteiger charge is 2.36. The van der Waals surface area contributed by atoms with E-state index in [1.165, 1.54) is 18.2 Å². The van der Waals surface area contributed by atoms with Gasteiger partial charge in [-0.05, 0) is 42.5 Å². The molecule has 2 rings (SSSR count). The van der Waals surface area contributed by atoms with Gasteiger partial charge in [0.05, 0.1) is 11.1 Å². The standard InChI is InChI=1S/C18H10BrF6N3O/c19-13-1-3-14(4-2-13)28-16(29)10(8-26)9-27-15-6-11(17(20,21)22)5-12(7-15)18(23,24)25/h1-7,9,27H,(H,28,29)/b10-9-. The van der Waals surface area contributed by atoms with Crippen LogP contribution in [0.2, 0.25) is 0 Å². The lowest BCUT2D eigenvalue weighted by Gasteiger charge is -2.14. The van der Waals surface area contributed by atoms with Crippen molar-refractivity contribution in [2.24, 2.45) is 0 Å². The molecule has 0 radical (unpaired) electrons. The quantitative estimate of drug-likeness (QED) is 0.325. The van der Waals surface area contributed by atoms with Gasteiger partial charge >= 0.3 is 12.4 Å². The summed E-state index contributed by atoms with van der Waals surface area (Å²) in [6.07, 6.45) is -9.30. The fraction of sp³-hybridized carbons (Fsp3) is 0.111. The van der Waals surface area contributed by atoms with Crippen molar-refractivity contribution < 1.29 is 31.1 Å². The van der Waals surface area contributed by atoms with Gasteiger partial charge in [0.1, 0.15) is 11.6 Å². The Bertz CT molecular complexity index is 943. The minimum Gasteiger partial charge on any atom is -0.360 e. The van der Waals surface area contributed by atoms with E-state index in [0.29, 0.717) is 17.8 Å². The highest BCUT2D eigenvalue weighted by Crippen LogP contribution is 2.37. The predicted octanol–water partition coefficient (Wildman–Crippen LogP) is 5.94. The Balaban J connectivity index is 2.28. The molecule has 0 spiro atoms. The summed E-state index contributed by atoms with van der Waals surface area (Å²) in [7, 11) is 0. The van der Waals surface area contributed by atoms with E-state index in [2.05, 4.69) is 26.6 Å². The second-order valence-corrected chi connectivity index (χ2v) is 6.49. The summed E-state index contributed by atoms with van der Waals surface area (Å²) >= 11 is 3.20. The van der Waals surface area contributed by atoms with Crippen molar-refractivity contribution in [2.45, 2.75) is 12.4 Å². The minimum atomic E-state index is -5.02. The number of alkyl halides is 6. The van der Waals surface area contributed by atoms with Crippen LogP contribution in [0.4, 0.5) is 37.7 Å². The predicted molar refractivity (Wildman–Crippen MR) is 96.5 cm³/mol. The highest BCUT2D eigenvalue weighted by molar-refractivity contribution is 9.10. The molecule has 0 heterocycles. The molecule has 4 nitrogen and oxygen atoms in total. The van der Waals surface area contributed by atoms with Crippen molar-refractivity contribution in [3.05, 3.63) is 69.8 Å². The molecular formula is C18H10BrF6N3O. The van der Waals surface area contributed by atoms with E-state index in [-0.39, 0.29) is 6.07 Å². The smallest absolute Gasteiger partial charge is 0.360 e. The van der Waals surface area contributed by atoms with Crippen LogP contribution in [0.1, 0.15) is 11.1 Å². The third-order valence-corrected chi connectivity index (χ3v) is 3.97. The topological polar surface area (TPSA) is 64.9 Å². The van der Waals surface area contributed by atoms with E-state index in [0.717, 1.165) is 10.7 Å². The van der Waals surface area contributed by atoms with Gasteiger partial charge in [0.2, 0.25) is 0 Å². The molecule has 0 aliphatic heterocycles. The zero-order valence-electron chi connectivity index (χ0n) is 14.1. The zero-order chi connectivity index (χ0) is 21.8. The molecule has 0 aliphatic rings. The number of benzene rings is 2. The number of amides is 1. The Morgan fingerprint density at radius 2 is 1.45 bits per heavy atom. The molecule has 0 aliphatic carbocycles. The molecule has 2 aromatic carbocycles. The first-order valence-corrected chi connectivity index (χ1v) is 8.42. The number of anilines is 2. The van der Waals surface area contributed by atoms with Gasteiger partial charge in [-0.15, -0.1) is 0 Å². The number of rotatable bonds is 4. The van der Waals surface area contributed by atoms with Crippen LogP contribution in [0.3, 0.4) is 0 Å². The van der Waals surface area contributed by atoms with Crippen LogP contribution in [-0.4, -0.2) is 5.91 Å². The molecular weight excluding hydrogens is 468 g/mol. The zero-order valence-corrected chi connectivity index (χ0v) is 15.7. The summed E-state index contributed by atoms with van der Waals surface area (Å²) in [6, 6.07) is 8.65. The van der Waals surface area contributed by atoms with Crippen molar-refractivity contribution in [1.29, 1.82) is 5.26 Å². The Labute approximate surface area is 169 Å². The maximum absolute atomic E-state index is 12.9. The first-order valence-electron chi connectivity index (χ1n) is 7.63. The van der Waals surface area contributed by atoms with E-state index in [9.17, 15) is 31.1 Å². The molecule has 1 amide bonds. The van der Waals surface area contributed by atoms with Crippen LogP contribution in [0.5, 0.6) is 0 Å². The van der Waals surface area contributed by atoms with Gasteiger partial charge in [-0.2, -0.15) is 31.6 Å². The molecule has 0 atom stereocenters. The lowest BCUT2D eigenvalue weighted by molar-refractivity contribution is -0.143. The molecule has 11 heteroatoms. The summed E-state index contributed by atoms with van der Waals surface area (Å²) in [5.41, 5.74) is -3.87. The van der Waals surface area contributed by atoms with Gasteiger partial charge in [-0.1, -0.05) is 15.9 Å². The van der Waals surface area contributed by atoms with Crippen LogP contribution < -0.4 is 10.6 Å². The Kier molecular flexibility index (Phi) is 6.58. The van der Waals surface area contributed by atoms with E-state index >= 15 is 0 Å². The van der Waals surface area contributed by atoms with Gasteiger partial charge in [-0.3, -0.25) is 4.79 Å². The fourth-order valence-electron chi connectivity index (χ4n) is 2.07. The Hall–Kier alpha value is -3.00. The monoisotopic (exact) mass is 477 g/mol. The molecule has 0 saturated carbocycles. The van der Waals surface area contributed by atoms with Gasteiger partial charge < -0.3 is 10.6 Å². The number of nitriles is 1. The SMILES string of the molecule is N#C/C(=C/Nc1cc(C(F)(F)F)cc(C(F)(F)F)c1)C(=O)Nc1ccc(Br)cc1. The van der Waals surface area contributed by atoms with Crippen molar-refractivity contribution in [1.82, 2.24) is 0 Å². The van der Waals surface area contributed by atoms with Gasteiger partial charge in [0.25, 0.3) is 5.91 Å². The minimum absolute atomic E-state index is 0.0274. The van der Waals surface area contributed by atoms with Gasteiger partial charge in [0.15, 0.2) is 0 Å². The van der Waals surface area contributed by atoms with Crippen LogP contribution >= 0.6 is 15.9 Å². The molecule has 29 heavy (non-hydrogen) atoms. The largest absolute Gasteiger partial charge is 0.416 e. The summed E-state index contributed by atoms with van der Waals surface area (Å²) in [5, 5.41) is 13.6. The average Bonchev–Trinajstić information content (AvgIpc) is 2.62. The average molecular weight is 478 g/mol.